The van der Waals surface area contributed by atoms with Crippen LogP contribution in [0.3, 0.4) is 0 Å². The molecule has 2 heteroatoms. The minimum atomic E-state index is -0.309. The van der Waals surface area contributed by atoms with E-state index in [4.69, 9.17) is 0 Å². The second-order valence-electron chi connectivity index (χ2n) is 12.7. The first-order valence-electron chi connectivity index (χ1n) is 14.4. The van der Waals surface area contributed by atoms with Crippen LogP contribution in [-0.2, 0) is 9.59 Å². The van der Waals surface area contributed by atoms with Crippen molar-refractivity contribution >= 4 is 11.6 Å². The lowest BCUT2D eigenvalue weighted by atomic mass is 9.76. The molecule has 0 heterocycles. The molecular formula is C36H30O2. The van der Waals surface area contributed by atoms with Crippen LogP contribution in [0.15, 0.2) is 128 Å². The van der Waals surface area contributed by atoms with E-state index in [2.05, 4.69) is 60.8 Å². The molecule has 0 aromatic rings. The molecule has 0 N–H and O–H groups in total. The van der Waals surface area contributed by atoms with E-state index in [0.717, 1.165) is 55.2 Å². The van der Waals surface area contributed by atoms with E-state index >= 15 is 0 Å². The van der Waals surface area contributed by atoms with Crippen molar-refractivity contribution in [2.45, 2.75) is 51.4 Å². The van der Waals surface area contributed by atoms with Crippen molar-refractivity contribution in [3.63, 3.8) is 0 Å². The number of hydrogen-bond acceptors (Lipinski definition) is 2. The summed E-state index contributed by atoms with van der Waals surface area (Å²) in [6.07, 6.45) is 31.0. The maximum atomic E-state index is 13.7. The Balaban J connectivity index is 1.28. The Bertz CT molecular complexity index is 1640. The number of carbonyl (C=O) groups is 2. The highest BCUT2D eigenvalue weighted by Gasteiger charge is 2.41. The average Bonchev–Trinajstić information content (AvgIpc) is 3.31. The Kier molecular flexibility index (Phi) is 4.24. The van der Waals surface area contributed by atoms with Crippen molar-refractivity contribution in [1.82, 2.24) is 0 Å². The summed E-state index contributed by atoms with van der Waals surface area (Å²) in [5, 5.41) is 0. The predicted molar refractivity (Wildman–Crippen MR) is 149 cm³/mol. The number of hydrogen-bond donors (Lipinski definition) is 0. The maximum Gasteiger partial charge on any atom is 0.225 e. The summed E-state index contributed by atoms with van der Waals surface area (Å²) in [6.45, 7) is 0. The maximum absolute atomic E-state index is 13.7. The Morgan fingerprint density at radius 1 is 0.474 bits per heavy atom. The SMILES string of the molecule is O=C1C(=O)C2CC3=C4C=C2CC2=C1CC1C=CC5=C(C=C6CC7=C(C=CC6C5)CC(C=C3)C(=C7)C4)CC1=C2. The topological polar surface area (TPSA) is 34.1 Å². The zero-order valence-corrected chi connectivity index (χ0v) is 21.6. The molecular weight excluding hydrogens is 464 g/mol. The summed E-state index contributed by atoms with van der Waals surface area (Å²) in [5.74, 6) is 0.348. The van der Waals surface area contributed by atoms with E-state index < -0.39 is 0 Å². The third-order valence-electron chi connectivity index (χ3n) is 10.6. The van der Waals surface area contributed by atoms with Gasteiger partial charge in [-0.3, -0.25) is 9.59 Å². The van der Waals surface area contributed by atoms with Gasteiger partial charge in [0, 0.05) is 23.3 Å². The van der Waals surface area contributed by atoms with Gasteiger partial charge in [-0.1, -0.05) is 83.1 Å². The monoisotopic (exact) mass is 494 g/mol. The molecule has 0 amide bonds. The predicted octanol–water partition coefficient (Wildman–Crippen LogP) is 7.39. The normalized spacial score (nSPS) is 34.0. The Hall–Kier alpha value is -3.52. The summed E-state index contributed by atoms with van der Waals surface area (Å²) in [7, 11) is 0. The van der Waals surface area contributed by atoms with Crippen LogP contribution in [0, 0.1) is 23.7 Å². The minimum absolute atomic E-state index is 0.187. The average molecular weight is 495 g/mol. The van der Waals surface area contributed by atoms with Gasteiger partial charge in [0.2, 0.25) is 11.6 Å². The van der Waals surface area contributed by atoms with Gasteiger partial charge in [-0.15, -0.1) is 0 Å². The van der Waals surface area contributed by atoms with Gasteiger partial charge in [-0.05, 0) is 90.4 Å². The van der Waals surface area contributed by atoms with Crippen molar-refractivity contribution in [1.29, 1.82) is 0 Å². The molecule has 2 nitrogen and oxygen atoms in total. The van der Waals surface area contributed by atoms with Crippen LogP contribution in [0.1, 0.15) is 51.4 Å². The van der Waals surface area contributed by atoms with Crippen LogP contribution < -0.4 is 0 Å². The summed E-state index contributed by atoms with van der Waals surface area (Å²) in [6, 6.07) is 0. The molecule has 0 saturated heterocycles. The van der Waals surface area contributed by atoms with E-state index in [1.807, 2.05) is 0 Å². The van der Waals surface area contributed by atoms with E-state index in [1.165, 1.54) is 44.6 Å². The lowest BCUT2D eigenvalue weighted by Crippen LogP contribution is -2.27. The van der Waals surface area contributed by atoms with Crippen LogP contribution in [0.25, 0.3) is 0 Å². The van der Waals surface area contributed by atoms with Gasteiger partial charge in [0.1, 0.15) is 0 Å². The molecule has 0 radical (unpaired) electrons. The third-order valence-corrected chi connectivity index (χ3v) is 10.6. The minimum Gasteiger partial charge on any atom is -0.290 e. The summed E-state index contributed by atoms with van der Waals surface area (Å²) >= 11 is 0. The molecule has 0 fully saturated rings. The summed E-state index contributed by atoms with van der Waals surface area (Å²) in [5.41, 5.74) is 16.0. The van der Waals surface area contributed by atoms with Crippen LogP contribution in [0.2, 0.25) is 0 Å². The second-order valence-corrected chi connectivity index (χ2v) is 12.7. The fourth-order valence-electron chi connectivity index (χ4n) is 8.50. The second kappa shape index (κ2) is 7.53. The third kappa shape index (κ3) is 3.01. The van der Waals surface area contributed by atoms with Gasteiger partial charge in [0.15, 0.2) is 0 Å². The van der Waals surface area contributed by atoms with E-state index in [-0.39, 0.29) is 23.4 Å². The van der Waals surface area contributed by atoms with Crippen molar-refractivity contribution in [3.8, 4) is 0 Å². The van der Waals surface area contributed by atoms with Crippen LogP contribution in [0.5, 0.6) is 0 Å². The standard InChI is InChI=1S/C36H30O2/c37-35-33-17-23-5-3-21-7-19-1-2-20-8-22-4-6-24-18-34(36(35)38)32-15-30(24)13-28(22)11-26(20)9-25(19)10-27(21)12-29(23)14-31(33)16-32/h1-6,10-11,14-15,19,22-23,34H,7-9,12-13,16-18H2. The Morgan fingerprint density at radius 2 is 0.921 bits per heavy atom. The molecule has 4 unspecified atom stereocenters. The number of carbonyl (C=O) groups excluding carboxylic acids is 2. The molecule has 8 bridgehead atoms. The zero-order chi connectivity index (χ0) is 25.1. The smallest absolute Gasteiger partial charge is 0.225 e. The first kappa shape index (κ1) is 21.4. The molecule has 9 aliphatic rings. The summed E-state index contributed by atoms with van der Waals surface area (Å²) in [4.78, 5) is 27.3. The highest BCUT2D eigenvalue weighted by molar-refractivity contribution is 6.45. The molecule has 4 atom stereocenters. The molecule has 0 aromatic heterocycles. The number of rotatable bonds is 0. The molecule has 9 aliphatic carbocycles. The molecule has 0 aliphatic heterocycles. The fraction of sp³-hybridized carbons (Fsp3) is 0.333. The van der Waals surface area contributed by atoms with Crippen LogP contribution in [0.4, 0.5) is 0 Å². The fourth-order valence-corrected chi connectivity index (χ4v) is 8.50. The lowest BCUT2D eigenvalue weighted by molar-refractivity contribution is -0.136. The Labute approximate surface area is 223 Å². The molecule has 9 rings (SSSR count). The lowest BCUT2D eigenvalue weighted by Gasteiger charge is -2.28. The van der Waals surface area contributed by atoms with Gasteiger partial charge >= 0.3 is 0 Å². The molecule has 186 valence electrons. The first-order chi connectivity index (χ1) is 18.6. The van der Waals surface area contributed by atoms with Gasteiger partial charge < -0.3 is 0 Å². The van der Waals surface area contributed by atoms with Gasteiger partial charge in [0.25, 0.3) is 0 Å². The quantitative estimate of drug-likeness (QED) is 0.329. The highest BCUT2D eigenvalue weighted by atomic mass is 16.2. The highest BCUT2D eigenvalue weighted by Crippen LogP contribution is 2.50. The van der Waals surface area contributed by atoms with E-state index in [9.17, 15) is 9.59 Å². The zero-order valence-electron chi connectivity index (χ0n) is 21.6. The Morgan fingerprint density at radius 3 is 1.50 bits per heavy atom. The number of allylic oxidation sites excluding steroid dienone is 22. The van der Waals surface area contributed by atoms with Crippen molar-refractivity contribution in [2.24, 2.45) is 23.7 Å². The number of ketones is 2. The first-order valence-corrected chi connectivity index (χ1v) is 14.4. The molecule has 0 aromatic carbocycles. The van der Waals surface area contributed by atoms with Crippen LogP contribution in [-0.4, -0.2) is 11.6 Å². The van der Waals surface area contributed by atoms with Crippen LogP contribution >= 0.6 is 0 Å². The van der Waals surface area contributed by atoms with Crippen molar-refractivity contribution in [2.75, 3.05) is 0 Å². The molecule has 0 saturated carbocycles. The van der Waals surface area contributed by atoms with Gasteiger partial charge in [0.05, 0.1) is 5.92 Å². The van der Waals surface area contributed by atoms with E-state index in [1.54, 1.807) is 5.57 Å². The van der Waals surface area contributed by atoms with E-state index in [0.29, 0.717) is 24.7 Å². The van der Waals surface area contributed by atoms with Crippen molar-refractivity contribution in [3.05, 3.63) is 128 Å². The van der Waals surface area contributed by atoms with Crippen molar-refractivity contribution < 1.29 is 9.59 Å². The van der Waals surface area contributed by atoms with Gasteiger partial charge in [-0.2, -0.15) is 0 Å². The number of Topliss-reactive ketones (excluding diaryl/α,β-unsaturated/α-hetero) is 2. The summed E-state index contributed by atoms with van der Waals surface area (Å²) < 4.78 is 0. The largest absolute Gasteiger partial charge is 0.290 e. The molecule has 38 heavy (non-hydrogen) atoms. The molecule has 0 spiro atoms. The van der Waals surface area contributed by atoms with Gasteiger partial charge in [-0.25, -0.2) is 0 Å².